The van der Waals surface area contributed by atoms with Gasteiger partial charge in [-0.25, -0.2) is 4.98 Å². The number of nitrogen functional groups attached to an aromatic ring is 1. The van der Waals surface area contributed by atoms with Crippen LogP contribution in [0.5, 0.6) is 0 Å². The van der Waals surface area contributed by atoms with E-state index in [0.29, 0.717) is 0 Å². The molecule has 0 unspecified atom stereocenters. The molecule has 1 fully saturated rings. The summed E-state index contributed by atoms with van der Waals surface area (Å²) in [7, 11) is 2.02. The minimum absolute atomic E-state index is 0.0913. The van der Waals surface area contributed by atoms with E-state index in [1.807, 2.05) is 20.0 Å². The number of hydrogen-bond donors (Lipinski definition) is 2. The maximum absolute atomic E-state index is 7.71. The Morgan fingerprint density at radius 1 is 1.47 bits per heavy atom. The van der Waals surface area contributed by atoms with Crippen molar-refractivity contribution in [2.24, 2.45) is 5.73 Å². The van der Waals surface area contributed by atoms with Gasteiger partial charge in [-0.2, -0.15) is 0 Å². The molecular weight excluding hydrogens is 238 g/mol. The monoisotopic (exact) mass is 261 g/mol. The molecule has 0 atom stereocenters. The fraction of sp³-hybridized carbons (Fsp3) is 0.571. The summed E-state index contributed by atoms with van der Waals surface area (Å²) in [5, 5.41) is 7.71. The topological polar surface area (TPSA) is 69.2 Å². The largest absolute Gasteiger partial charge is 0.384 e. The number of nitrogens with two attached hydrogens (primary N) is 1. The van der Waals surface area contributed by atoms with Crippen LogP contribution in [0, 0.1) is 12.3 Å². The lowest BCUT2D eigenvalue weighted by molar-refractivity contribution is 0.346. The number of nitrogens with one attached hydrogen (secondary N) is 1. The van der Waals surface area contributed by atoms with Gasteiger partial charge in [0, 0.05) is 26.3 Å². The normalized spacial score (nSPS) is 15.7. The lowest BCUT2D eigenvalue weighted by Crippen LogP contribution is -2.33. The van der Waals surface area contributed by atoms with E-state index in [1.54, 1.807) is 6.20 Å². The third-order valence-electron chi connectivity index (χ3n) is 3.72. The lowest BCUT2D eigenvalue weighted by atomic mass is 10.1. The number of hydrogen-bond acceptors (Lipinski definition) is 4. The van der Waals surface area contributed by atoms with Crippen molar-refractivity contribution in [3.63, 3.8) is 0 Å². The maximum atomic E-state index is 7.71. The van der Waals surface area contributed by atoms with Crippen LogP contribution in [0.3, 0.4) is 0 Å². The highest BCUT2D eigenvalue weighted by Gasteiger charge is 2.16. The van der Waals surface area contributed by atoms with Crippen LogP contribution in [-0.2, 0) is 0 Å². The molecule has 19 heavy (non-hydrogen) atoms. The third-order valence-corrected chi connectivity index (χ3v) is 3.72. The molecule has 0 spiro atoms. The molecule has 2 rings (SSSR count). The van der Waals surface area contributed by atoms with E-state index in [1.165, 1.54) is 25.9 Å². The minimum Gasteiger partial charge on any atom is -0.384 e. The fourth-order valence-corrected chi connectivity index (χ4v) is 2.57. The summed E-state index contributed by atoms with van der Waals surface area (Å²) in [6.45, 7) is 6.33. The number of aryl methyl sites for hydroxylation is 1. The molecule has 1 aromatic rings. The van der Waals surface area contributed by atoms with Crippen LogP contribution in [0.15, 0.2) is 12.3 Å². The van der Waals surface area contributed by atoms with Crippen molar-refractivity contribution >= 4 is 11.7 Å². The Morgan fingerprint density at radius 3 is 2.79 bits per heavy atom. The molecule has 1 aliphatic rings. The second kappa shape index (κ2) is 6.02. The Bertz CT molecular complexity index is 451. The van der Waals surface area contributed by atoms with Crippen molar-refractivity contribution in [3.05, 3.63) is 23.4 Å². The summed E-state index contributed by atoms with van der Waals surface area (Å²) in [4.78, 5) is 8.96. The number of rotatable bonds is 5. The van der Waals surface area contributed by atoms with Crippen molar-refractivity contribution in [3.8, 4) is 0 Å². The van der Waals surface area contributed by atoms with E-state index in [0.717, 1.165) is 30.0 Å². The number of likely N-dealkylation sites (tertiary alicyclic amines) is 1. The van der Waals surface area contributed by atoms with Crippen molar-refractivity contribution in [2.75, 3.05) is 38.1 Å². The molecule has 0 saturated carbocycles. The van der Waals surface area contributed by atoms with Gasteiger partial charge in [0.1, 0.15) is 11.7 Å². The van der Waals surface area contributed by atoms with Crippen molar-refractivity contribution in [1.82, 2.24) is 9.88 Å². The smallest absolute Gasteiger partial charge is 0.139 e. The number of nitrogens with zero attached hydrogens (tertiary/aromatic N) is 3. The standard InChI is InChI=1S/C14H23N5/c1-11-5-6-17-14(12(11)13(15)16)18(2)9-10-19-7-3-4-8-19/h5-6H,3-4,7-10H2,1-2H3,(H3,15,16). The molecule has 104 valence electrons. The molecule has 2 heterocycles. The molecular formula is C14H23N5. The molecule has 1 aromatic heterocycles. The Morgan fingerprint density at radius 2 is 2.16 bits per heavy atom. The Kier molecular flexibility index (Phi) is 4.37. The van der Waals surface area contributed by atoms with Gasteiger partial charge in [-0.1, -0.05) is 0 Å². The average Bonchev–Trinajstić information content (AvgIpc) is 2.88. The first-order chi connectivity index (χ1) is 9.09. The Balaban J connectivity index is 2.07. The quantitative estimate of drug-likeness (QED) is 0.617. The molecule has 3 N–H and O–H groups in total. The van der Waals surface area contributed by atoms with Gasteiger partial charge >= 0.3 is 0 Å². The Hall–Kier alpha value is -1.62. The van der Waals surface area contributed by atoms with E-state index in [-0.39, 0.29) is 5.84 Å². The molecule has 1 aliphatic heterocycles. The molecule has 5 nitrogen and oxygen atoms in total. The highest BCUT2D eigenvalue weighted by Crippen LogP contribution is 2.19. The first kappa shape index (κ1) is 13.8. The zero-order valence-electron chi connectivity index (χ0n) is 11.8. The van der Waals surface area contributed by atoms with Crippen LogP contribution >= 0.6 is 0 Å². The summed E-state index contributed by atoms with van der Waals surface area (Å²) in [5.74, 6) is 0.903. The Labute approximate surface area is 114 Å². The number of amidine groups is 1. The predicted molar refractivity (Wildman–Crippen MR) is 78.9 cm³/mol. The van der Waals surface area contributed by atoms with Gasteiger partial charge in [0.25, 0.3) is 0 Å². The van der Waals surface area contributed by atoms with Crippen LogP contribution in [0.25, 0.3) is 0 Å². The van der Waals surface area contributed by atoms with Crippen molar-refractivity contribution in [2.45, 2.75) is 19.8 Å². The average molecular weight is 261 g/mol. The number of pyridine rings is 1. The van der Waals surface area contributed by atoms with E-state index in [9.17, 15) is 0 Å². The van der Waals surface area contributed by atoms with Gasteiger partial charge in [0.15, 0.2) is 0 Å². The first-order valence-electron chi connectivity index (χ1n) is 6.83. The summed E-state index contributed by atoms with van der Waals surface area (Å²) in [5.41, 5.74) is 7.44. The van der Waals surface area contributed by atoms with Crippen LogP contribution < -0.4 is 10.6 Å². The maximum Gasteiger partial charge on any atom is 0.139 e. The zero-order valence-corrected chi connectivity index (χ0v) is 11.8. The van der Waals surface area contributed by atoms with E-state index < -0.39 is 0 Å². The molecule has 0 amide bonds. The van der Waals surface area contributed by atoms with E-state index >= 15 is 0 Å². The van der Waals surface area contributed by atoms with Crippen molar-refractivity contribution < 1.29 is 0 Å². The van der Waals surface area contributed by atoms with Gasteiger partial charge in [-0.15, -0.1) is 0 Å². The summed E-state index contributed by atoms with van der Waals surface area (Å²) >= 11 is 0. The van der Waals surface area contributed by atoms with Crippen LogP contribution in [0.4, 0.5) is 5.82 Å². The summed E-state index contributed by atoms with van der Waals surface area (Å²) in [6, 6.07) is 1.90. The predicted octanol–water partition coefficient (Wildman–Crippen LogP) is 1.21. The minimum atomic E-state index is 0.0913. The zero-order chi connectivity index (χ0) is 13.8. The summed E-state index contributed by atoms with van der Waals surface area (Å²) in [6.07, 6.45) is 4.40. The van der Waals surface area contributed by atoms with Crippen LogP contribution in [0.2, 0.25) is 0 Å². The number of likely N-dealkylation sites (N-methyl/N-ethyl adjacent to an activating group) is 1. The van der Waals surface area contributed by atoms with Crippen LogP contribution in [-0.4, -0.2) is 48.9 Å². The third kappa shape index (κ3) is 3.23. The van der Waals surface area contributed by atoms with Gasteiger partial charge in [-0.05, 0) is 44.5 Å². The molecule has 0 radical (unpaired) electrons. The second-order valence-electron chi connectivity index (χ2n) is 5.21. The van der Waals surface area contributed by atoms with E-state index in [4.69, 9.17) is 11.1 Å². The summed E-state index contributed by atoms with van der Waals surface area (Å²) < 4.78 is 0. The first-order valence-corrected chi connectivity index (χ1v) is 6.83. The van der Waals surface area contributed by atoms with Gasteiger partial charge in [0.05, 0.1) is 5.56 Å². The van der Waals surface area contributed by atoms with Gasteiger partial charge in [0.2, 0.25) is 0 Å². The van der Waals surface area contributed by atoms with Crippen molar-refractivity contribution in [1.29, 1.82) is 5.41 Å². The fourth-order valence-electron chi connectivity index (χ4n) is 2.57. The SMILES string of the molecule is Cc1ccnc(N(C)CCN2CCCC2)c1C(=N)N. The van der Waals surface area contributed by atoms with Gasteiger partial charge in [-0.3, -0.25) is 5.41 Å². The van der Waals surface area contributed by atoms with E-state index in [2.05, 4.69) is 14.8 Å². The number of anilines is 1. The highest BCUT2D eigenvalue weighted by molar-refractivity contribution is 6.00. The molecule has 1 saturated heterocycles. The second-order valence-corrected chi connectivity index (χ2v) is 5.21. The van der Waals surface area contributed by atoms with Gasteiger partial charge < -0.3 is 15.5 Å². The number of aromatic nitrogens is 1. The molecule has 5 heteroatoms. The van der Waals surface area contributed by atoms with Crippen LogP contribution in [0.1, 0.15) is 24.0 Å². The lowest BCUT2D eigenvalue weighted by Gasteiger charge is -2.24. The molecule has 0 bridgehead atoms. The molecule has 0 aromatic carbocycles. The highest BCUT2D eigenvalue weighted by atomic mass is 15.2. The molecule has 0 aliphatic carbocycles.